The maximum Gasteiger partial charge on any atom is 0.472 e. The molecule has 0 amide bonds. The number of ether oxygens (including phenoxy) is 11. The highest BCUT2D eigenvalue weighted by molar-refractivity contribution is 8.07. The lowest BCUT2D eigenvalue weighted by Crippen LogP contribution is -2.51. The van der Waals surface area contributed by atoms with Gasteiger partial charge >= 0.3 is 39.4 Å². The molecule has 0 radical (unpaired) electrons. The summed E-state index contributed by atoms with van der Waals surface area (Å²) in [5, 5.41) is 11.8. The van der Waals surface area contributed by atoms with Crippen molar-refractivity contribution in [3.63, 3.8) is 0 Å². The van der Waals surface area contributed by atoms with Crippen LogP contribution >= 0.6 is 28.0 Å². The zero-order valence-electron chi connectivity index (χ0n) is 62.8. The third-order valence-electron chi connectivity index (χ3n) is 21.0. The van der Waals surface area contributed by atoms with Crippen LogP contribution < -0.4 is 45.6 Å². The van der Waals surface area contributed by atoms with Gasteiger partial charge in [0.1, 0.15) is 114 Å². The molecule has 16 N–H and O–H groups in total. The molecule has 7 aliphatic heterocycles. The lowest BCUT2D eigenvalue weighted by Gasteiger charge is -2.38. The first kappa shape index (κ1) is 85.4. The Morgan fingerprint density at radius 1 is 0.547 bits per heavy atom. The fourth-order valence-electron chi connectivity index (χ4n) is 15.1. The van der Waals surface area contributed by atoms with E-state index in [-0.39, 0.29) is 84.4 Å². The number of rotatable bonds is 34. The molecule has 8 unspecified atom stereocenters. The monoisotopic (exact) mass is 1780 g/mol. The molecule has 638 valence electrons. The number of nitrogens with one attached hydrogen (secondary N) is 1. The van der Waals surface area contributed by atoms with Gasteiger partial charge in [-0.15, -0.1) is 0 Å². The Balaban J connectivity index is 0.706. The molecule has 15 heterocycles. The van der Waals surface area contributed by atoms with Gasteiger partial charge < -0.3 is 124 Å². The summed E-state index contributed by atoms with van der Waals surface area (Å²) in [5.74, 6) is -0.373. The Morgan fingerprint density at radius 2 is 1.04 bits per heavy atom. The van der Waals surface area contributed by atoms with Crippen molar-refractivity contribution in [2.45, 2.75) is 175 Å². The molecular weight excluding hydrogens is 1690 g/mol. The van der Waals surface area contributed by atoms with Gasteiger partial charge in [-0.25, -0.2) is 49.0 Å². The zero-order chi connectivity index (χ0) is 83.3. The number of nitrogens with two attached hydrogens (primary N) is 5. The van der Waals surface area contributed by atoms with Crippen LogP contribution in [0.2, 0.25) is 0 Å². The van der Waals surface area contributed by atoms with Gasteiger partial charge in [-0.3, -0.25) is 50.7 Å². The molecule has 0 spiro atoms. The third kappa shape index (κ3) is 16.5. The average molecular weight is 1780 g/mol. The Bertz CT molecular complexity index is 5450. The number of aliphatic hydroxyl groups is 1. The number of anilines is 5. The number of aliphatic hydroxyl groups excluding tert-OH is 1. The first-order chi connectivity index (χ1) is 55.6. The molecule has 15 rings (SSSR count). The summed E-state index contributed by atoms with van der Waals surface area (Å²) < 4.78 is 140. The first-order valence-electron chi connectivity index (χ1n) is 36.0. The highest BCUT2D eigenvalue weighted by Gasteiger charge is 2.71. The molecule has 0 aromatic carbocycles. The van der Waals surface area contributed by atoms with Crippen molar-refractivity contribution in [2.75, 3.05) is 95.7 Å². The molecular formula is C61H83N21O28P4S3. The van der Waals surface area contributed by atoms with Crippen LogP contribution in [0.4, 0.5) is 29.2 Å². The van der Waals surface area contributed by atoms with Gasteiger partial charge in [0.05, 0.1) is 96.3 Å². The fraction of sp³-hybridized carbons (Fsp3) is 0.623. The molecule has 0 saturated carbocycles. The Labute approximate surface area is 675 Å². The second-order valence-electron chi connectivity index (χ2n) is 28.2. The van der Waals surface area contributed by atoms with E-state index >= 15 is 4.57 Å². The van der Waals surface area contributed by atoms with Crippen LogP contribution in [0.15, 0.2) is 58.4 Å². The number of imidazole rings is 3. The summed E-state index contributed by atoms with van der Waals surface area (Å²) in [6.07, 6.45) is -15.9. The first-order valence-corrected chi connectivity index (χ1v) is 45.3. The van der Waals surface area contributed by atoms with Crippen LogP contribution in [0.5, 0.6) is 0 Å². The largest absolute Gasteiger partial charge is 0.472 e. The van der Waals surface area contributed by atoms with Gasteiger partial charge in [-0.2, -0.15) is 15.0 Å². The highest BCUT2D eigenvalue weighted by atomic mass is 32.5. The molecule has 117 heavy (non-hydrogen) atoms. The van der Waals surface area contributed by atoms with Crippen LogP contribution in [-0.2, 0) is 128 Å². The normalized spacial score (nSPS) is 32.9. The van der Waals surface area contributed by atoms with Gasteiger partial charge in [0.25, 0.3) is 5.56 Å². The minimum Gasteiger partial charge on any atom is -0.387 e. The molecule has 8 aromatic heterocycles. The maximum atomic E-state index is 15.2. The Kier molecular flexibility index (Phi) is 24.3. The van der Waals surface area contributed by atoms with Gasteiger partial charge in [-0.05, 0) is 69.5 Å². The predicted octanol–water partition coefficient (Wildman–Crippen LogP) is -0.775. The molecule has 7 fully saturated rings. The molecule has 8 aromatic rings. The van der Waals surface area contributed by atoms with Gasteiger partial charge in [0.2, 0.25) is 5.95 Å². The number of hydrogen-bond acceptors (Lipinski definition) is 42. The zero-order valence-corrected chi connectivity index (χ0v) is 68.8. The van der Waals surface area contributed by atoms with E-state index in [1.807, 2.05) is 6.92 Å². The van der Waals surface area contributed by atoms with E-state index in [2.05, 4.69) is 54.8 Å². The summed E-state index contributed by atoms with van der Waals surface area (Å²) in [6.45, 7) is -9.61. The van der Waals surface area contributed by atoms with Crippen molar-refractivity contribution in [1.82, 2.24) is 77.7 Å². The van der Waals surface area contributed by atoms with Crippen molar-refractivity contribution < 1.29 is 118 Å². The molecule has 49 nitrogen and oxygen atoms in total. The van der Waals surface area contributed by atoms with E-state index in [9.17, 15) is 39.1 Å². The van der Waals surface area contributed by atoms with Crippen LogP contribution in [0.25, 0.3) is 33.5 Å². The lowest BCUT2D eigenvalue weighted by atomic mass is 9.94. The van der Waals surface area contributed by atoms with E-state index in [0.717, 1.165) is 15.5 Å². The molecule has 0 aliphatic carbocycles. The number of phosphoric ester groups is 1. The van der Waals surface area contributed by atoms with E-state index in [0.29, 0.717) is 28.7 Å². The minimum absolute atomic E-state index is 0.0314. The summed E-state index contributed by atoms with van der Waals surface area (Å²) in [5.41, 5.74) is 25.0. The molecule has 25 atom stereocenters. The number of fused-ring (bicyclic) bond motifs is 7. The lowest BCUT2D eigenvalue weighted by molar-refractivity contribution is -0.218. The van der Waals surface area contributed by atoms with Gasteiger partial charge in [0, 0.05) is 44.2 Å². The van der Waals surface area contributed by atoms with Crippen molar-refractivity contribution >= 4 is 126 Å². The van der Waals surface area contributed by atoms with Crippen molar-refractivity contribution in [3.8, 4) is 0 Å². The topological polar surface area (TPSA) is 644 Å². The number of aryl methyl sites for hydroxylation is 2. The number of H-pyrrole nitrogens is 1. The number of phosphoric acid groups is 1. The van der Waals surface area contributed by atoms with Crippen LogP contribution in [-0.4, -0.2) is 266 Å². The van der Waals surface area contributed by atoms with E-state index < -0.39 is 199 Å². The summed E-state index contributed by atoms with van der Waals surface area (Å²) in [6, 6.07) is 0. The van der Waals surface area contributed by atoms with Crippen LogP contribution in [0, 0.1) is 13.8 Å². The third-order valence-corrected chi connectivity index (χ3v) is 26.6. The number of methoxy groups -OCH3 is 2. The number of hydrogen-bond donors (Lipinski definition) is 11. The number of nitrogen functional groups attached to an aromatic ring is 5. The average Bonchev–Trinajstić information content (AvgIpc) is 1.55. The molecule has 56 heteroatoms. The maximum absolute atomic E-state index is 15.2. The fourth-order valence-corrected chi connectivity index (χ4v) is 20.5. The van der Waals surface area contributed by atoms with Crippen LogP contribution in [0.3, 0.4) is 0 Å². The SMILES string of the molecule is CC[C@H]1O[C@@H](n2cnc3c(N)ncnc32)C[C@H]1OP(O)(=S)OC[C@]12O[C@@H](n3cc(C)c(N)nc3=O)C(O[C@H]1C)[C@H]2OP(=O)(O)OC[C@]12O[C@@H](n3cnc4c(N)ncnc43)C(O[C@H]1C)[C@H]2OP(O)(=S)OC[C@H]1O[C@@H](n2cnc3c(=O)[nH]c(N)nc32)C(OCCOC)[C@H]1OP(O)(=S)OC[C@H]1O[C@@H](n2cc(C)c(N)nc2=O)C(OCCOC)[C@H]1O. The highest BCUT2D eigenvalue weighted by Crippen LogP contribution is 2.63. The van der Waals surface area contributed by atoms with Gasteiger partial charge in [-0.1, -0.05) is 6.92 Å². The smallest absolute Gasteiger partial charge is 0.387 e. The molecule has 7 saturated heterocycles. The second kappa shape index (κ2) is 33.3. The van der Waals surface area contributed by atoms with E-state index in [4.69, 9.17) is 152 Å². The molecule has 7 aliphatic rings. The summed E-state index contributed by atoms with van der Waals surface area (Å²) in [7, 11) is -2.82. The number of aromatic amines is 1. The van der Waals surface area contributed by atoms with Crippen LogP contribution in [0.1, 0.15) is 75.9 Å². The Morgan fingerprint density at radius 3 is 1.64 bits per heavy atom. The Hall–Kier alpha value is -6.57. The molecule has 4 bridgehead atoms. The standard InChI is InChI=1S/C61H83N21O28P4S3/c1-8-29-30(13-33(102-29)80-22-71-34-47(64)67-20-69-49(34)80)107-114(91,117)99-19-61-28(5)100-41(55(105-61)79-15-26(3)46(63)75-59(79)86)43(61)109-111(87,88)98-18-60-27(4)101-42(56(106-60)81-23-72-35-48(65)68-21-70-50(35)81)44(60)110-113(90,116)97-17-32-38(40(95-12-10-93-7)54(104-32)82-24-73-36-51(82)76-57(66)77-52(36)84)108-112(89,115)96-16-31-37(83)39(94-11-9-92-6)53(103-31)78-14-25(2)45(62)74-58(78)85/h14-15,20-24,27-33,37-44,53-56,83H,8-13,16-19H2,1-7H3,(H,87,88)(H,89,115)(H,90,116)(H,91,117)(H2,62,74,85)(H2,63,75,86)(H2,64,67,69)(H2,65,68,70)(H3,66,76,77,84)/t27-,28-,29+,30+,31+,32+,33+,37-,38-,39?,40?,41?,42?,43+,44+,53+,54+,55+,56+,60-,61-,112?,113?,114?/m0/s1. The van der Waals surface area contributed by atoms with E-state index in [1.165, 1.54) is 74.9 Å². The van der Waals surface area contributed by atoms with Crippen molar-refractivity contribution in [1.29, 1.82) is 0 Å². The van der Waals surface area contributed by atoms with Crippen molar-refractivity contribution in [2.24, 2.45) is 0 Å². The second-order valence-corrected chi connectivity index (χ2v) is 38.0. The number of aromatic nitrogens is 16. The number of nitrogens with zero attached hydrogens (tertiary/aromatic N) is 15. The quantitative estimate of drug-likeness (QED) is 0.0174. The van der Waals surface area contributed by atoms with Gasteiger partial charge in [0.15, 0.2) is 59.0 Å². The minimum atomic E-state index is -5.64. The predicted molar refractivity (Wildman–Crippen MR) is 410 cm³/mol. The van der Waals surface area contributed by atoms with E-state index in [1.54, 1.807) is 18.4 Å². The summed E-state index contributed by atoms with van der Waals surface area (Å²) >= 11 is 17.2. The van der Waals surface area contributed by atoms with Crippen molar-refractivity contribution in [3.05, 3.63) is 86.5 Å². The summed E-state index contributed by atoms with van der Waals surface area (Å²) in [4.78, 5) is 134.